The van der Waals surface area contributed by atoms with Crippen LogP contribution in [0.3, 0.4) is 0 Å². The van der Waals surface area contributed by atoms with Crippen LogP contribution < -0.4 is 9.64 Å². The molecule has 0 bridgehead atoms. The van der Waals surface area contributed by atoms with Crippen molar-refractivity contribution >= 4 is 5.69 Å². The molecule has 0 aliphatic carbocycles. The summed E-state index contributed by atoms with van der Waals surface area (Å²) >= 11 is 0. The number of hydrogen-bond donors (Lipinski definition) is 0. The summed E-state index contributed by atoms with van der Waals surface area (Å²) in [5.74, 6) is 0.653. The van der Waals surface area contributed by atoms with Gasteiger partial charge >= 0.3 is 0 Å². The Hall–Kier alpha value is -2.47. The van der Waals surface area contributed by atoms with Crippen LogP contribution in [0.25, 0.3) is 0 Å². The van der Waals surface area contributed by atoms with Gasteiger partial charge in [-0.25, -0.2) is 0 Å². The standard InChI is InChI=1S/C18H18N2O/c1-21-18-11-14(8-9-16(18)12-19)13-20-10-4-6-15-5-2-3-7-17(15)20/h2-3,5,7-9,11H,4,6,10,13H2,1H3. The van der Waals surface area contributed by atoms with Gasteiger partial charge in [0.2, 0.25) is 0 Å². The monoisotopic (exact) mass is 278 g/mol. The highest BCUT2D eigenvalue weighted by Gasteiger charge is 2.16. The normalized spacial score (nSPS) is 13.4. The molecule has 0 aromatic heterocycles. The van der Waals surface area contributed by atoms with Gasteiger partial charge in [-0.05, 0) is 42.2 Å². The highest BCUT2D eigenvalue weighted by Crippen LogP contribution is 2.29. The van der Waals surface area contributed by atoms with E-state index in [9.17, 15) is 0 Å². The molecule has 1 aliphatic rings. The molecule has 0 saturated carbocycles. The molecule has 3 rings (SSSR count). The lowest BCUT2D eigenvalue weighted by atomic mass is 10.0. The Morgan fingerprint density at radius 3 is 2.90 bits per heavy atom. The largest absolute Gasteiger partial charge is 0.495 e. The maximum atomic E-state index is 9.05. The van der Waals surface area contributed by atoms with E-state index in [1.807, 2.05) is 18.2 Å². The van der Waals surface area contributed by atoms with E-state index in [0.29, 0.717) is 11.3 Å². The summed E-state index contributed by atoms with van der Waals surface area (Å²) in [6.07, 6.45) is 2.34. The van der Waals surface area contributed by atoms with Crippen molar-refractivity contribution in [2.75, 3.05) is 18.6 Å². The number of rotatable bonds is 3. The Morgan fingerprint density at radius 2 is 2.10 bits per heavy atom. The third kappa shape index (κ3) is 2.71. The van der Waals surface area contributed by atoms with Crippen LogP contribution in [-0.4, -0.2) is 13.7 Å². The first kappa shape index (κ1) is 13.5. The molecule has 0 spiro atoms. The summed E-state index contributed by atoms with van der Waals surface area (Å²) < 4.78 is 5.29. The number of nitrogens with zero attached hydrogens (tertiary/aromatic N) is 2. The zero-order valence-corrected chi connectivity index (χ0v) is 12.2. The van der Waals surface area contributed by atoms with E-state index >= 15 is 0 Å². The molecule has 1 heterocycles. The molecule has 0 amide bonds. The van der Waals surface area contributed by atoms with Gasteiger partial charge in [0.15, 0.2) is 0 Å². The Labute approximate surface area is 125 Å². The fraction of sp³-hybridized carbons (Fsp3) is 0.278. The second-order valence-electron chi connectivity index (χ2n) is 5.30. The molecular weight excluding hydrogens is 260 g/mol. The lowest BCUT2D eigenvalue weighted by Crippen LogP contribution is -2.28. The molecular formula is C18H18N2O. The molecule has 0 N–H and O–H groups in total. The third-order valence-corrected chi connectivity index (χ3v) is 3.97. The minimum absolute atomic E-state index is 0.584. The number of para-hydroxylation sites is 1. The fourth-order valence-corrected chi connectivity index (χ4v) is 2.92. The summed E-state index contributed by atoms with van der Waals surface area (Å²) in [6, 6.07) is 16.6. The lowest BCUT2D eigenvalue weighted by molar-refractivity contribution is 0.413. The van der Waals surface area contributed by atoms with E-state index in [1.54, 1.807) is 7.11 Å². The van der Waals surface area contributed by atoms with Crippen molar-refractivity contribution in [3.8, 4) is 11.8 Å². The predicted molar refractivity (Wildman–Crippen MR) is 83.5 cm³/mol. The highest BCUT2D eigenvalue weighted by molar-refractivity contribution is 5.56. The van der Waals surface area contributed by atoms with Crippen LogP contribution >= 0.6 is 0 Å². The van der Waals surface area contributed by atoms with Crippen LogP contribution in [0, 0.1) is 11.3 Å². The first-order chi connectivity index (χ1) is 10.3. The SMILES string of the molecule is COc1cc(CN2CCCc3ccccc32)ccc1C#N. The number of hydrogen-bond acceptors (Lipinski definition) is 3. The van der Waals surface area contributed by atoms with Gasteiger partial charge in [-0.2, -0.15) is 5.26 Å². The minimum atomic E-state index is 0.584. The van der Waals surface area contributed by atoms with E-state index in [4.69, 9.17) is 10.00 Å². The van der Waals surface area contributed by atoms with Crippen LogP contribution in [0.15, 0.2) is 42.5 Å². The van der Waals surface area contributed by atoms with E-state index in [0.717, 1.165) is 19.5 Å². The summed E-state index contributed by atoms with van der Waals surface area (Å²) in [5.41, 5.74) is 4.50. The molecule has 3 nitrogen and oxygen atoms in total. The van der Waals surface area contributed by atoms with Gasteiger partial charge in [0.1, 0.15) is 11.8 Å². The van der Waals surface area contributed by atoms with E-state index in [-0.39, 0.29) is 0 Å². The van der Waals surface area contributed by atoms with Gasteiger partial charge < -0.3 is 9.64 Å². The predicted octanol–water partition coefficient (Wildman–Crippen LogP) is 3.52. The van der Waals surface area contributed by atoms with Gasteiger partial charge in [-0.1, -0.05) is 24.3 Å². The third-order valence-electron chi connectivity index (χ3n) is 3.97. The number of nitriles is 1. The van der Waals surface area contributed by atoms with Crippen molar-refractivity contribution in [3.05, 3.63) is 59.2 Å². The smallest absolute Gasteiger partial charge is 0.136 e. The van der Waals surface area contributed by atoms with E-state index in [1.165, 1.54) is 23.2 Å². The Kier molecular flexibility index (Phi) is 3.79. The number of anilines is 1. The number of aryl methyl sites for hydroxylation is 1. The fourth-order valence-electron chi connectivity index (χ4n) is 2.92. The topological polar surface area (TPSA) is 36.3 Å². The zero-order chi connectivity index (χ0) is 14.7. The number of methoxy groups -OCH3 is 1. The second kappa shape index (κ2) is 5.88. The number of ether oxygens (including phenoxy) is 1. The van der Waals surface area contributed by atoms with Crippen LogP contribution in [0.4, 0.5) is 5.69 Å². The molecule has 0 unspecified atom stereocenters. The molecule has 0 saturated heterocycles. The molecule has 2 aromatic rings. The molecule has 0 fully saturated rings. The van der Waals surface area contributed by atoms with Crippen molar-refractivity contribution < 1.29 is 4.74 Å². The first-order valence-electron chi connectivity index (χ1n) is 7.21. The second-order valence-corrected chi connectivity index (χ2v) is 5.30. The first-order valence-corrected chi connectivity index (χ1v) is 7.21. The van der Waals surface area contributed by atoms with Crippen molar-refractivity contribution in [1.29, 1.82) is 5.26 Å². The van der Waals surface area contributed by atoms with Crippen LogP contribution in [0.1, 0.15) is 23.1 Å². The van der Waals surface area contributed by atoms with E-state index in [2.05, 4.69) is 35.2 Å². The lowest BCUT2D eigenvalue weighted by Gasteiger charge is -2.31. The van der Waals surface area contributed by atoms with Gasteiger partial charge in [0.05, 0.1) is 12.7 Å². The molecule has 1 aliphatic heterocycles. The van der Waals surface area contributed by atoms with Crippen molar-refractivity contribution in [3.63, 3.8) is 0 Å². The van der Waals surface area contributed by atoms with Crippen molar-refractivity contribution in [2.45, 2.75) is 19.4 Å². The highest BCUT2D eigenvalue weighted by atomic mass is 16.5. The maximum Gasteiger partial charge on any atom is 0.136 e. The van der Waals surface area contributed by atoms with Crippen molar-refractivity contribution in [2.24, 2.45) is 0 Å². The average molecular weight is 278 g/mol. The molecule has 0 atom stereocenters. The van der Waals surface area contributed by atoms with Crippen LogP contribution in [-0.2, 0) is 13.0 Å². The summed E-state index contributed by atoms with van der Waals surface area (Å²) in [6.45, 7) is 1.92. The molecule has 106 valence electrons. The Balaban J connectivity index is 1.87. The average Bonchev–Trinajstić information content (AvgIpc) is 2.55. The Bertz CT molecular complexity index is 688. The van der Waals surface area contributed by atoms with Gasteiger partial charge in [0.25, 0.3) is 0 Å². The summed E-state index contributed by atoms with van der Waals surface area (Å²) in [5, 5.41) is 9.05. The van der Waals surface area contributed by atoms with Gasteiger partial charge in [-0.15, -0.1) is 0 Å². The zero-order valence-electron chi connectivity index (χ0n) is 12.2. The van der Waals surface area contributed by atoms with Crippen LogP contribution in [0.5, 0.6) is 5.75 Å². The van der Waals surface area contributed by atoms with Gasteiger partial charge in [-0.3, -0.25) is 0 Å². The molecule has 21 heavy (non-hydrogen) atoms. The number of fused-ring (bicyclic) bond motifs is 1. The quantitative estimate of drug-likeness (QED) is 0.862. The van der Waals surface area contributed by atoms with Crippen molar-refractivity contribution in [1.82, 2.24) is 0 Å². The molecule has 0 radical (unpaired) electrons. The van der Waals surface area contributed by atoms with E-state index < -0.39 is 0 Å². The Morgan fingerprint density at radius 1 is 1.24 bits per heavy atom. The minimum Gasteiger partial charge on any atom is -0.495 e. The van der Waals surface area contributed by atoms with Gasteiger partial charge in [0, 0.05) is 18.8 Å². The summed E-state index contributed by atoms with van der Waals surface area (Å²) in [7, 11) is 1.61. The summed E-state index contributed by atoms with van der Waals surface area (Å²) in [4.78, 5) is 2.40. The molecule has 2 aromatic carbocycles. The maximum absolute atomic E-state index is 9.05. The molecule has 3 heteroatoms. The van der Waals surface area contributed by atoms with Crippen LogP contribution in [0.2, 0.25) is 0 Å². The number of benzene rings is 2.